The molecule has 14 rings (SSSR count). The summed E-state index contributed by atoms with van der Waals surface area (Å²) in [4.78, 5) is 2.60. The van der Waals surface area contributed by atoms with Gasteiger partial charge in [-0.25, -0.2) is 0 Å². The molecular weight excluding hydrogens is 926 g/mol. The molecule has 1 aliphatic carbocycles. The van der Waals surface area contributed by atoms with E-state index in [1.165, 1.54) is 83.0 Å². The molecule has 0 amide bonds. The van der Waals surface area contributed by atoms with Crippen LogP contribution in [0.15, 0.2) is 159 Å². The van der Waals surface area contributed by atoms with Gasteiger partial charge in [0.2, 0.25) is 0 Å². The summed E-state index contributed by atoms with van der Waals surface area (Å²) < 4.78 is 22.2. The molecule has 8 aromatic carbocycles. The standard InChI is InChI=1S/C71H68BNO3/c1-8-11-19-43-26-30-47(31-27-43)73-59-42-63-52(53-40-57-58(41-62(53)74-63)71(6,7)35-34-70(57,4)5)38-51(59)54-39-55-48-24-17-18-25-60(48)75-68(55)66-64(49-32-28-44(20-12-9-2)36-50(49)46-22-15-14-16-23-46)65-56-37-45(21-13-10-3)29-33-61(56)76-69(65)72(73)67(54)66/h14-18,22-33,36-42,64H,8-13,19-21,34-35H2,1-7H3. The maximum atomic E-state index is 7.62. The number of aryl methyl sites for hydroxylation is 3. The second-order valence-corrected chi connectivity index (χ2v) is 24.0. The first-order valence-corrected chi connectivity index (χ1v) is 28.7. The molecule has 0 radical (unpaired) electrons. The van der Waals surface area contributed by atoms with Gasteiger partial charge in [0.1, 0.15) is 33.6 Å². The lowest BCUT2D eigenvalue weighted by molar-refractivity contribution is 0.332. The van der Waals surface area contributed by atoms with Crippen LogP contribution in [0.2, 0.25) is 0 Å². The number of fused-ring (bicyclic) bond motifs is 14. The molecule has 0 fully saturated rings. The molecule has 5 heterocycles. The lowest BCUT2D eigenvalue weighted by Crippen LogP contribution is -2.61. The largest absolute Gasteiger partial charge is 0.468 e. The highest BCUT2D eigenvalue weighted by molar-refractivity contribution is 6.91. The molecule has 0 bridgehead atoms. The van der Waals surface area contributed by atoms with Crippen molar-refractivity contribution in [2.45, 2.75) is 136 Å². The molecule has 0 N–H and O–H groups in total. The van der Waals surface area contributed by atoms with Crippen molar-refractivity contribution in [3.05, 3.63) is 190 Å². The molecule has 0 spiro atoms. The molecule has 76 heavy (non-hydrogen) atoms. The topological polar surface area (TPSA) is 42.7 Å². The molecule has 1 unspecified atom stereocenters. The Kier molecular flexibility index (Phi) is 11.1. The third kappa shape index (κ3) is 7.31. The fraction of sp³-hybridized carbons (Fsp3) is 0.296. The van der Waals surface area contributed by atoms with Crippen molar-refractivity contribution in [3.8, 4) is 22.3 Å². The van der Waals surface area contributed by atoms with E-state index in [0.29, 0.717) is 0 Å². The Balaban J connectivity index is 1.14. The Morgan fingerprint density at radius 3 is 1.86 bits per heavy atom. The Hall–Kier alpha value is -7.24. The van der Waals surface area contributed by atoms with Crippen molar-refractivity contribution >= 4 is 84.2 Å². The van der Waals surface area contributed by atoms with Crippen LogP contribution < -0.4 is 15.9 Å². The van der Waals surface area contributed by atoms with Crippen molar-refractivity contribution in [1.82, 2.24) is 0 Å². The first kappa shape index (κ1) is 47.2. The number of unbranched alkanes of at least 4 members (excludes halogenated alkanes) is 3. The molecule has 0 saturated carbocycles. The Labute approximate surface area is 448 Å². The van der Waals surface area contributed by atoms with Gasteiger partial charge in [-0.3, -0.25) is 0 Å². The van der Waals surface area contributed by atoms with E-state index in [0.717, 1.165) is 132 Å². The normalized spacial score (nSPS) is 16.2. The average molecular weight is 994 g/mol. The van der Waals surface area contributed by atoms with Crippen LogP contribution in [-0.2, 0) is 30.1 Å². The molecule has 1 atom stereocenters. The van der Waals surface area contributed by atoms with E-state index in [1.807, 2.05) is 0 Å². The quantitative estimate of drug-likeness (QED) is 0.114. The van der Waals surface area contributed by atoms with E-state index in [1.54, 1.807) is 0 Å². The van der Waals surface area contributed by atoms with Gasteiger partial charge >= 0.3 is 6.85 Å². The Morgan fingerprint density at radius 1 is 0.487 bits per heavy atom. The van der Waals surface area contributed by atoms with Crippen molar-refractivity contribution in [3.63, 3.8) is 0 Å². The maximum Gasteiger partial charge on any atom is 0.371 e. The fourth-order valence-corrected chi connectivity index (χ4v) is 13.9. The van der Waals surface area contributed by atoms with Crippen LogP contribution in [0.25, 0.3) is 77.1 Å². The Bertz CT molecular complexity index is 4090. The number of anilines is 2. The molecule has 3 aliphatic rings. The number of benzene rings is 8. The van der Waals surface area contributed by atoms with Crippen LogP contribution in [-0.4, -0.2) is 6.85 Å². The zero-order valence-corrected chi connectivity index (χ0v) is 45.5. The van der Waals surface area contributed by atoms with E-state index < -0.39 is 0 Å². The molecule has 0 saturated heterocycles. The molecule has 2 aliphatic heterocycles. The number of para-hydroxylation sites is 1. The summed E-state index contributed by atoms with van der Waals surface area (Å²) in [7, 11) is 0. The van der Waals surface area contributed by atoms with Crippen LogP contribution in [0.4, 0.5) is 11.4 Å². The summed E-state index contributed by atoms with van der Waals surface area (Å²) in [6, 6.07) is 55.8. The summed E-state index contributed by atoms with van der Waals surface area (Å²) in [6.45, 7) is 16.2. The minimum atomic E-state index is -0.325. The third-order valence-electron chi connectivity index (χ3n) is 18.2. The smallest absolute Gasteiger partial charge is 0.371 e. The van der Waals surface area contributed by atoms with E-state index in [4.69, 9.17) is 13.3 Å². The number of hydrogen-bond acceptors (Lipinski definition) is 4. The van der Waals surface area contributed by atoms with Crippen LogP contribution >= 0.6 is 0 Å². The lowest BCUT2D eigenvalue weighted by Gasteiger charge is -2.43. The van der Waals surface area contributed by atoms with Crippen molar-refractivity contribution in [1.29, 1.82) is 0 Å². The number of hydrogen-bond donors (Lipinski definition) is 0. The average Bonchev–Trinajstić information content (AvgIpc) is 4.28. The summed E-state index contributed by atoms with van der Waals surface area (Å²) in [6.07, 6.45) is 12.3. The highest BCUT2D eigenvalue weighted by Crippen LogP contribution is 2.54. The SMILES string of the molecule is CCCCc1ccc(N2B3c4oc5ccc(CCCC)cc5c4C(c4ccc(CCCC)cc4-c4ccccc4)c4c3c(cc3c4oc4ccccc43)-c3cc4c(cc32)oc2cc3c(cc24)C(C)(C)CCC3(C)C)cc1. The van der Waals surface area contributed by atoms with Gasteiger partial charge in [0.25, 0.3) is 0 Å². The molecule has 4 nitrogen and oxygen atoms in total. The van der Waals surface area contributed by atoms with Gasteiger partial charge in [-0.2, -0.15) is 0 Å². The lowest BCUT2D eigenvalue weighted by atomic mass is 9.42. The zero-order chi connectivity index (χ0) is 51.6. The highest BCUT2D eigenvalue weighted by Gasteiger charge is 2.51. The predicted octanol–water partition coefficient (Wildman–Crippen LogP) is 18.7. The second kappa shape index (κ2) is 17.9. The molecule has 5 heteroatoms. The van der Waals surface area contributed by atoms with E-state index in [-0.39, 0.29) is 23.6 Å². The van der Waals surface area contributed by atoms with Crippen molar-refractivity contribution in [2.75, 3.05) is 4.81 Å². The Morgan fingerprint density at radius 2 is 1.11 bits per heavy atom. The highest BCUT2D eigenvalue weighted by atomic mass is 16.3. The summed E-state index contributed by atoms with van der Waals surface area (Å²) >= 11 is 0. The van der Waals surface area contributed by atoms with Gasteiger partial charge in [0.15, 0.2) is 0 Å². The van der Waals surface area contributed by atoms with E-state index >= 15 is 0 Å². The van der Waals surface area contributed by atoms with E-state index in [9.17, 15) is 0 Å². The predicted molar refractivity (Wildman–Crippen MR) is 320 cm³/mol. The van der Waals surface area contributed by atoms with Gasteiger partial charge in [-0.1, -0.05) is 153 Å². The maximum absolute atomic E-state index is 7.62. The summed E-state index contributed by atoms with van der Waals surface area (Å²) in [5.41, 5.74) is 24.8. The van der Waals surface area contributed by atoms with Crippen molar-refractivity contribution < 1.29 is 13.3 Å². The van der Waals surface area contributed by atoms with Gasteiger partial charge in [-0.15, -0.1) is 0 Å². The molecule has 11 aromatic rings. The first-order valence-electron chi connectivity index (χ1n) is 28.7. The van der Waals surface area contributed by atoms with Crippen LogP contribution in [0.5, 0.6) is 0 Å². The van der Waals surface area contributed by atoms with E-state index in [2.05, 4.69) is 199 Å². The van der Waals surface area contributed by atoms with Crippen molar-refractivity contribution in [2.24, 2.45) is 0 Å². The molecule has 378 valence electrons. The minimum absolute atomic E-state index is 0.0550. The fourth-order valence-electron chi connectivity index (χ4n) is 13.9. The van der Waals surface area contributed by atoms with Gasteiger partial charge in [0, 0.05) is 67.0 Å². The molecule has 3 aromatic heterocycles. The summed E-state index contributed by atoms with van der Waals surface area (Å²) in [5, 5.41) is 5.80. The summed E-state index contributed by atoms with van der Waals surface area (Å²) in [5.74, 6) is -0.224. The van der Waals surface area contributed by atoms with Gasteiger partial charge in [0.05, 0.1) is 0 Å². The van der Waals surface area contributed by atoms with Crippen LogP contribution in [0.3, 0.4) is 0 Å². The number of nitrogens with zero attached hydrogens (tertiary/aromatic N) is 1. The number of rotatable bonds is 12. The first-order chi connectivity index (χ1) is 37.0. The van der Waals surface area contributed by atoms with Crippen LogP contribution in [0.1, 0.15) is 150 Å². The monoisotopic (exact) mass is 994 g/mol. The van der Waals surface area contributed by atoms with Gasteiger partial charge in [-0.05, 0) is 172 Å². The van der Waals surface area contributed by atoms with Crippen LogP contribution in [0, 0.1) is 0 Å². The number of furan rings is 3. The van der Waals surface area contributed by atoms with Gasteiger partial charge < -0.3 is 18.1 Å². The third-order valence-corrected chi connectivity index (χ3v) is 18.2. The second-order valence-electron chi connectivity index (χ2n) is 24.0. The zero-order valence-electron chi connectivity index (χ0n) is 45.5. The minimum Gasteiger partial charge on any atom is -0.468 e. The molecular formula is C71H68BNO3.